The van der Waals surface area contributed by atoms with E-state index in [4.69, 9.17) is 4.98 Å². The zero-order chi connectivity index (χ0) is 20.2. The Morgan fingerprint density at radius 2 is 1.69 bits per heavy atom. The molecule has 6 heteroatoms. The van der Waals surface area contributed by atoms with Gasteiger partial charge in [-0.05, 0) is 43.5 Å². The molecule has 148 valence electrons. The second-order valence-electron chi connectivity index (χ2n) is 7.17. The zero-order valence-electron chi connectivity index (χ0n) is 16.4. The molecule has 1 aliphatic rings. The van der Waals surface area contributed by atoms with Gasteiger partial charge in [0.1, 0.15) is 11.5 Å². The van der Waals surface area contributed by atoms with E-state index in [1.54, 1.807) is 31.3 Å². The summed E-state index contributed by atoms with van der Waals surface area (Å²) < 4.78 is 2.20. The van der Waals surface area contributed by atoms with E-state index in [9.17, 15) is 9.59 Å². The van der Waals surface area contributed by atoms with E-state index >= 15 is 0 Å². The lowest BCUT2D eigenvalue weighted by Gasteiger charge is -2.09. The van der Waals surface area contributed by atoms with E-state index in [-0.39, 0.29) is 11.8 Å². The third-order valence-corrected chi connectivity index (χ3v) is 5.25. The Morgan fingerprint density at radius 3 is 2.41 bits per heavy atom. The van der Waals surface area contributed by atoms with Gasteiger partial charge >= 0.3 is 0 Å². The molecule has 1 aliphatic heterocycles. The fourth-order valence-corrected chi connectivity index (χ4v) is 3.75. The van der Waals surface area contributed by atoms with Gasteiger partial charge in [-0.25, -0.2) is 4.98 Å². The summed E-state index contributed by atoms with van der Waals surface area (Å²) in [5.41, 5.74) is 3.69. The van der Waals surface area contributed by atoms with Crippen LogP contribution in [0.25, 0.3) is 11.4 Å². The van der Waals surface area contributed by atoms with Crippen LogP contribution in [0.15, 0.2) is 54.6 Å². The Kier molecular flexibility index (Phi) is 5.42. The predicted octanol–water partition coefficient (Wildman–Crippen LogP) is 3.89. The number of benzene rings is 2. The summed E-state index contributed by atoms with van der Waals surface area (Å²) in [6.45, 7) is 0.876. The molecule has 4 rings (SSSR count). The molecule has 0 fully saturated rings. The molecule has 0 saturated heterocycles. The van der Waals surface area contributed by atoms with Gasteiger partial charge in [0.2, 0.25) is 0 Å². The normalized spacial score (nSPS) is 13.3. The van der Waals surface area contributed by atoms with E-state index in [1.807, 2.05) is 30.3 Å². The maximum atomic E-state index is 13.1. The van der Waals surface area contributed by atoms with Gasteiger partial charge in [0.05, 0.1) is 5.69 Å². The van der Waals surface area contributed by atoms with Crippen LogP contribution in [0.4, 0.5) is 5.69 Å². The minimum Gasteiger partial charge on any atom is -0.355 e. The van der Waals surface area contributed by atoms with Gasteiger partial charge in [-0.3, -0.25) is 9.59 Å². The van der Waals surface area contributed by atoms with Crippen molar-refractivity contribution >= 4 is 17.5 Å². The topological polar surface area (TPSA) is 76.0 Å². The molecule has 0 saturated carbocycles. The highest BCUT2D eigenvalue weighted by Crippen LogP contribution is 2.27. The largest absolute Gasteiger partial charge is 0.355 e. The van der Waals surface area contributed by atoms with Crippen LogP contribution in [-0.2, 0) is 13.0 Å². The molecule has 0 aliphatic carbocycles. The third kappa shape index (κ3) is 3.92. The third-order valence-electron chi connectivity index (χ3n) is 5.25. The molecular formula is C23H24N4O2. The van der Waals surface area contributed by atoms with Gasteiger partial charge in [0.15, 0.2) is 0 Å². The lowest BCUT2D eigenvalue weighted by Crippen LogP contribution is -2.18. The first-order chi connectivity index (χ1) is 14.2. The van der Waals surface area contributed by atoms with Crippen molar-refractivity contribution in [1.82, 2.24) is 14.9 Å². The number of carbonyl (C=O) groups excluding carboxylic acids is 2. The summed E-state index contributed by atoms with van der Waals surface area (Å²) in [6, 6.07) is 16.9. The van der Waals surface area contributed by atoms with Gasteiger partial charge in [-0.1, -0.05) is 36.8 Å². The lowest BCUT2D eigenvalue weighted by atomic mass is 10.1. The number of nitrogens with zero attached hydrogens (tertiary/aromatic N) is 2. The quantitative estimate of drug-likeness (QED) is 0.712. The fraction of sp³-hybridized carbons (Fsp3) is 0.261. The molecule has 6 nitrogen and oxygen atoms in total. The Hall–Kier alpha value is -3.41. The number of fused-ring (bicyclic) bond motifs is 1. The van der Waals surface area contributed by atoms with Crippen molar-refractivity contribution in [2.45, 2.75) is 32.2 Å². The summed E-state index contributed by atoms with van der Waals surface area (Å²) in [5, 5.41) is 5.52. The molecule has 0 bridgehead atoms. The molecule has 1 aromatic heterocycles. The minimum atomic E-state index is -0.217. The number of aromatic nitrogens is 2. The number of carbonyl (C=O) groups is 2. The van der Waals surface area contributed by atoms with Gasteiger partial charge < -0.3 is 15.2 Å². The molecule has 2 aromatic carbocycles. The molecule has 2 amide bonds. The van der Waals surface area contributed by atoms with Crippen molar-refractivity contribution in [3.63, 3.8) is 0 Å². The average Bonchev–Trinajstić information content (AvgIpc) is 2.95. The van der Waals surface area contributed by atoms with Crippen LogP contribution >= 0.6 is 0 Å². The van der Waals surface area contributed by atoms with Crippen molar-refractivity contribution in [2.75, 3.05) is 12.4 Å². The van der Waals surface area contributed by atoms with Crippen molar-refractivity contribution in [2.24, 2.45) is 0 Å². The first kappa shape index (κ1) is 18.9. The van der Waals surface area contributed by atoms with Crippen LogP contribution in [0, 0.1) is 0 Å². The summed E-state index contributed by atoms with van der Waals surface area (Å²) in [7, 11) is 1.59. The molecule has 0 atom stereocenters. The van der Waals surface area contributed by atoms with E-state index in [2.05, 4.69) is 15.2 Å². The Balaban J connectivity index is 1.64. The SMILES string of the molecule is CNC(=O)c1ccc(NC(=O)c2nc(-c3ccccc3)n3c2CCCCC3)cc1. The van der Waals surface area contributed by atoms with E-state index in [0.717, 1.165) is 49.3 Å². The number of nitrogens with one attached hydrogen (secondary N) is 2. The van der Waals surface area contributed by atoms with Crippen LogP contribution in [0.2, 0.25) is 0 Å². The number of rotatable bonds is 4. The van der Waals surface area contributed by atoms with Crippen molar-refractivity contribution in [1.29, 1.82) is 0 Å². The van der Waals surface area contributed by atoms with E-state index < -0.39 is 0 Å². The molecule has 2 heterocycles. The number of anilines is 1. The van der Waals surface area contributed by atoms with Crippen LogP contribution in [-0.4, -0.2) is 28.4 Å². The van der Waals surface area contributed by atoms with Crippen LogP contribution in [0.5, 0.6) is 0 Å². The highest BCUT2D eigenvalue weighted by Gasteiger charge is 2.24. The van der Waals surface area contributed by atoms with Gasteiger partial charge in [-0.15, -0.1) is 0 Å². The van der Waals surface area contributed by atoms with E-state index in [1.165, 1.54) is 0 Å². The number of imidazole rings is 1. The van der Waals surface area contributed by atoms with Gasteiger partial charge in [-0.2, -0.15) is 0 Å². The molecule has 0 unspecified atom stereocenters. The van der Waals surface area contributed by atoms with E-state index in [0.29, 0.717) is 16.9 Å². The molecule has 0 radical (unpaired) electrons. The second kappa shape index (κ2) is 8.31. The fourth-order valence-electron chi connectivity index (χ4n) is 3.75. The first-order valence-corrected chi connectivity index (χ1v) is 9.95. The van der Waals surface area contributed by atoms with Crippen molar-refractivity contribution in [3.8, 4) is 11.4 Å². The summed E-state index contributed by atoms with van der Waals surface area (Å²) >= 11 is 0. The molecular weight excluding hydrogens is 364 g/mol. The molecule has 29 heavy (non-hydrogen) atoms. The smallest absolute Gasteiger partial charge is 0.276 e. The van der Waals surface area contributed by atoms with Crippen LogP contribution < -0.4 is 10.6 Å². The molecule has 2 N–H and O–H groups in total. The summed E-state index contributed by atoms with van der Waals surface area (Å²) in [5.74, 6) is 0.475. The molecule has 3 aromatic rings. The Bertz CT molecular complexity index is 1020. The standard InChI is InChI=1S/C23H24N4O2/c1-24-22(28)17-11-13-18(14-12-17)25-23(29)20-19-10-6-3-7-15-27(19)21(26-20)16-8-4-2-5-9-16/h2,4-5,8-9,11-14H,3,6-7,10,15H2,1H3,(H,24,28)(H,25,29). The number of hydrogen-bond donors (Lipinski definition) is 2. The second-order valence-corrected chi connectivity index (χ2v) is 7.17. The maximum absolute atomic E-state index is 13.1. The highest BCUT2D eigenvalue weighted by molar-refractivity contribution is 6.04. The molecule has 0 spiro atoms. The summed E-state index contributed by atoms with van der Waals surface area (Å²) in [4.78, 5) is 29.5. The maximum Gasteiger partial charge on any atom is 0.276 e. The zero-order valence-corrected chi connectivity index (χ0v) is 16.4. The number of hydrogen-bond acceptors (Lipinski definition) is 3. The minimum absolute atomic E-state index is 0.158. The number of amides is 2. The monoisotopic (exact) mass is 388 g/mol. The lowest BCUT2D eigenvalue weighted by molar-refractivity contribution is 0.0962. The average molecular weight is 388 g/mol. The highest BCUT2D eigenvalue weighted by atomic mass is 16.2. The van der Waals surface area contributed by atoms with Gasteiger partial charge in [0, 0.05) is 30.4 Å². The van der Waals surface area contributed by atoms with Crippen LogP contribution in [0.1, 0.15) is 45.8 Å². The predicted molar refractivity (Wildman–Crippen MR) is 113 cm³/mol. The Labute approximate surface area is 170 Å². The van der Waals surface area contributed by atoms with Crippen molar-refractivity contribution < 1.29 is 9.59 Å². The Morgan fingerprint density at radius 1 is 0.931 bits per heavy atom. The van der Waals surface area contributed by atoms with Gasteiger partial charge in [0.25, 0.3) is 11.8 Å². The van der Waals surface area contributed by atoms with Crippen LogP contribution in [0.3, 0.4) is 0 Å². The summed E-state index contributed by atoms with van der Waals surface area (Å²) in [6.07, 6.45) is 4.14. The first-order valence-electron chi connectivity index (χ1n) is 9.95. The van der Waals surface area contributed by atoms with Crippen molar-refractivity contribution in [3.05, 3.63) is 71.5 Å².